The Kier molecular flexibility index (Phi) is 6.53. The summed E-state index contributed by atoms with van der Waals surface area (Å²) in [6.07, 6.45) is 4.04. The van der Waals surface area contributed by atoms with E-state index in [1.165, 1.54) is 17.0 Å². The number of aliphatic hydroxyl groups is 1. The lowest BCUT2D eigenvalue weighted by molar-refractivity contribution is -0.131. The number of carbonyl (C=O) groups excluding carboxylic acids is 4. The summed E-state index contributed by atoms with van der Waals surface area (Å²) in [5, 5.41) is 9.52. The van der Waals surface area contributed by atoms with Crippen LogP contribution in [0.1, 0.15) is 42.8 Å². The molecule has 6 unspecified atom stereocenters. The number of amides is 4. The summed E-state index contributed by atoms with van der Waals surface area (Å²) >= 11 is 6.04. The molecule has 2 aliphatic heterocycles. The van der Waals surface area contributed by atoms with Gasteiger partial charge in [0.1, 0.15) is 23.9 Å². The smallest absolute Gasteiger partial charge is 0.241 e. The molecule has 1 aromatic heterocycles. The zero-order valence-electron chi connectivity index (χ0n) is 23.7. The Hall–Kier alpha value is -4.34. The van der Waals surface area contributed by atoms with Crippen LogP contribution in [0.25, 0.3) is 6.08 Å². The minimum atomic E-state index is -1.33. The number of nitrogens with zero attached hydrogens (tertiary/aromatic N) is 2. The molecule has 224 valence electrons. The predicted octanol–water partition coefficient (Wildman–Crippen LogP) is 5.64. The van der Waals surface area contributed by atoms with E-state index in [2.05, 4.69) is 6.58 Å². The molecule has 2 saturated heterocycles. The molecule has 8 nitrogen and oxygen atoms in total. The van der Waals surface area contributed by atoms with E-state index in [0.717, 1.165) is 22.1 Å². The standard InChI is InChI=1S/C34H28ClFN2O6/c1-3-17-4-6-18(7-5-17)37-30(40)22-11-10-21-23(28(22)32(37)42)15-24-31(41)38(19-8-12-26(36)25(35)14-19)33(43)34(24,2)29(21)27-13-9-20(16-39)44-27/h3-10,12-14,22-24,28-29,39H,1,11,15-16H2,2H3. The van der Waals surface area contributed by atoms with Crippen molar-refractivity contribution in [2.75, 3.05) is 9.80 Å². The summed E-state index contributed by atoms with van der Waals surface area (Å²) in [6, 6.07) is 14.0. The van der Waals surface area contributed by atoms with Crippen LogP contribution in [0, 0.1) is 34.9 Å². The van der Waals surface area contributed by atoms with Crippen LogP contribution in [0.2, 0.25) is 5.02 Å². The zero-order chi connectivity index (χ0) is 31.1. The number of carbonyl (C=O) groups is 4. The van der Waals surface area contributed by atoms with E-state index < -0.39 is 52.6 Å². The highest BCUT2D eigenvalue weighted by Crippen LogP contribution is 2.63. The van der Waals surface area contributed by atoms with Crippen molar-refractivity contribution in [2.24, 2.45) is 29.1 Å². The first-order chi connectivity index (χ1) is 21.1. The van der Waals surface area contributed by atoms with Crippen molar-refractivity contribution in [1.29, 1.82) is 0 Å². The lowest BCUT2D eigenvalue weighted by atomic mass is 9.52. The minimum Gasteiger partial charge on any atom is -0.463 e. The summed E-state index contributed by atoms with van der Waals surface area (Å²) in [4.78, 5) is 58.6. The van der Waals surface area contributed by atoms with Crippen molar-refractivity contribution in [3.05, 3.63) is 101 Å². The number of fused-ring (bicyclic) bond motifs is 4. The van der Waals surface area contributed by atoms with Crippen molar-refractivity contribution in [1.82, 2.24) is 0 Å². The Morgan fingerprint density at radius 1 is 1.00 bits per heavy atom. The molecule has 1 saturated carbocycles. The van der Waals surface area contributed by atoms with Gasteiger partial charge in [-0.3, -0.25) is 24.1 Å². The Labute approximate surface area is 257 Å². The SMILES string of the molecule is C=Cc1ccc(N2C(=O)C3CC=C4C(CC5C(=O)N(c6ccc(F)c(Cl)c6)C(=O)C5(C)C4c4ccc(CO)o4)C3C2=O)cc1. The lowest BCUT2D eigenvalue weighted by Crippen LogP contribution is -2.48. The van der Waals surface area contributed by atoms with Gasteiger partial charge in [-0.1, -0.05) is 48.0 Å². The van der Waals surface area contributed by atoms with Gasteiger partial charge in [0, 0.05) is 0 Å². The van der Waals surface area contributed by atoms with E-state index >= 15 is 0 Å². The molecular weight excluding hydrogens is 587 g/mol. The molecule has 1 N–H and O–H groups in total. The van der Waals surface area contributed by atoms with Gasteiger partial charge in [-0.05, 0) is 73.7 Å². The maximum atomic E-state index is 14.4. The number of aliphatic hydroxyl groups excluding tert-OH is 1. The highest BCUT2D eigenvalue weighted by atomic mass is 35.5. The van der Waals surface area contributed by atoms with Gasteiger partial charge >= 0.3 is 0 Å². The van der Waals surface area contributed by atoms with Gasteiger partial charge in [-0.25, -0.2) is 9.29 Å². The fourth-order valence-electron chi connectivity index (χ4n) is 7.84. The van der Waals surface area contributed by atoms with E-state index in [9.17, 15) is 28.7 Å². The predicted molar refractivity (Wildman–Crippen MR) is 160 cm³/mol. The van der Waals surface area contributed by atoms with Crippen LogP contribution in [0.4, 0.5) is 15.8 Å². The third-order valence-electron chi connectivity index (χ3n) is 9.95. The molecule has 10 heteroatoms. The Bertz CT molecular complexity index is 1800. The fraction of sp³-hybridized carbons (Fsp3) is 0.294. The lowest BCUT2D eigenvalue weighted by Gasteiger charge is -2.48. The number of allylic oxidation sites excluding steroid dienone is 2. The third kappa shape index (κ3) is 3.85. The van der Waals surface area contributed by atoms with Crippen molar-refractivity contribution in [3.8, 4) is 0 Å². The summed E-state index contributed by atoms with van der Waals surface area (Å²) in [5.74, 6) is -5.17. The quantitative estimate of drug-likeness (QED) is 0.294. The second-order valence-corrected chi connectivity index (χ2v) is 12.4. The van der Waals surface area contributed by atoms with Crippen LogP contribution >= 0.6 is 11.6 Å². The molecule has 4 amide bonds. The normalized spacial score (nSPS) is 29.5. The topological polar surface area (TPSA) is 108 Å². The number of benzene rings is 2. The van der Waals surface area contributed by atoms with Gasteiger partial charge in [-0.2, -0.15) is 0 Å². The zero-order valence-corrected chi connectivity index (χ0v) is 24.5. The van der Waals surface area contributed by atoms with E-state index in [1.54, 1.807) is 49.4 Å². The maximum absolute atomic E-state index is 14.4. The van der Waals surface area contributed by atoms with Gasteiger partial charge in [0.05, 0.1) is 45.5 Å². The molecule has 7 rings (SSSR count). The molecular formula is C34H28ClFN2O6. The summed E-state index contributed by atoms with van der Waals surface area (Å²) in [5.41, 5.74) is 0.884. The van der Waals surface area contributed by atoms with Crippen LogP contribution in [0.5, 0.6) is 0 Å². The first-order valence-corrected chi connectivity index (χ1v) is 14.8. The Balaban J connectivity index is 1.34. The van der Waals surface area contributed by atoms with Crippen molar-refractivity contribution in [3.63, 3.8) is 0 Å². The van der Waals surface area contributed by atoms with Gasteiger partial charge in [0.15, 0.2) is 0 Å². The van der Waals surface area contributed by atoms with Crippen LogP contribution in [0.15, 0.2) is 77.2 Å². The molecule has 0 radical (unpaired) electrons. The van der Waals surface area contributed by atoms with Crippen LogP contribution < -0.4 is 9.80 Å². The molecule has 3 fully saturated rings. The van der Waals surface area contributed by atoms with Gasteiger partial charge in [0.25, 0.3) is 0 Å². The fourth-order valence-corrected chi connectivity index (χ4v) is 8.01. The number of halogens is 2. The van der Waals surface area contributed by atoms with E-state index in [-0.39, 0.29) is 47.7 Å². The average molecular weight is 615 g/mol. The number of rotatable bonds is 5. The van der Waals surface area contributed by atoms with E-state index in [1.807, 2.05) is 6.08 Å². The van der Waals surface area contributed by atoms with Crippen LogP contribution in [0.3, 0.4) is 0 Å². The number of furan rings is 1. The van der Waals surface area contributed by atoms with E-state index in [4.69, 9.17) is 16.0 Å². The monoisotopic (exact) mass is 614 g/mol. The average Bonchev–Trinajstić information content (AvgIpc) is 3.65. The van der Waals surface area contributed by atoms with Crippen molar-refractivity contribution < 1.29 is 33.1 Å². The highest BCUT2D eigenvalue weighted by molar-refractivity contribution is 6.32. The molecule has 3 aromatic rings. The summed E-state index contributed by atoms with van der Waals surface area (Å²) < 4.78 is 20.0. The Morgan fingerprint density at radius 2 is 1.73 bits per heavy atom. The molecule has 2 aromatic carbocycles. The molecule has 4 aliphatic rings. The summed E-state index contributed by atoms with van der Waals surface area (Å²) in [6.45, 7) is 5.11. The van der Waals surface area contributed by atoms with Gasteiger partial charge in [0.2, 0.25) is 23.6 Å². The molecule has 0 spiro atoms. The van der Waals surface area contributed by atoms with Crippen LogP contribution in [-0.2, 0) is 25.8 Å². The van der Waals surface area contributed by atoms with Gasteiger partial charge in [-0.15, -0.1) is 0 Å². The number of hydrogen-bond acceptors (Lipinski definition) is 6. The maximum Gasteiger partial charge on any atom is 0.241 e. The molecule has 6 atom stereocenters. The molecule has 3 heterocycles. The van der Waals surface area contributed by atoms with Gasteiger partial charge < -0.3 is 9.52 Å². The minimum absolute atomic E-state index is 0.146. The summed E-state index contributed by atoms with van der Waals surface area (Å²) in [7, 11) is 0. The van der Waals surface area contributed by atoms with Crippen molar-refractivity contribution in [2.45, 2.75) is 32.3 Å². The number of hydrogen-bond donors (Lipinski definition) is 1. The largest absolute Gasteiger partial charge is 0.463 e. The second-order valence-electron chi connectivity index (χ2n) is 12.0. The molecule has 44 heavy (non-hydrogen) atoms. The number of imide groups is 2. The van der Waals surface area contributed by atoms with Crippen molar-refractivity contribution >= 4 is 52.7 Å². The first-order valence-electron chi connectivity index (χ1n) is 14.4. The van der Waals surface area contributed by atoms with E-state index in [0.29, 0.717) is 11.4 Å². The first kappa shape index (κ1) is 28.4. The van der Waals surface area contributed by atoms with Crippen LogP contribution in [-0.4, -0.2) is 28.7 Å². The number of anilines is 2. The molecule has 0 bridgehead atoms. The second kappa shape index (κ2) is 10.1. The Morgan fingerprint density at radius 3 is 2.39 bits per heavy atom. The third-order valence-corrected chi connectivity index (χ3v) is 10.2. The highest BCUT2D eigenvalue weighted by Gasteiger charge is 2.68. The molecule has 2 aliphatic carbocycles.